The fourth-order valence-electron chi connectivity index (χ4n) is 8.75. The molecule has 5 nitrogen and oxygen atoms in total. The molecule has 1 aliphatic heterocycles. The van der Waals surface area contributed by atoms with Gasteiger partial charge in [0.1, 0.15) is 0 Å². The maximum atomic E-state index is 6.71. The Morgan fingerprint density at radius 3 is 1.77 bits per heavy atom. The molecule has 0 radical (unpaired) electrons. The summed E-state index contributed by atoms with van der Waals surface area (Å²) < 4.78 is 9.01. The number of rotatable bonds is 10. The van der Waals surface area contributed by atoms with Gasteiger partial charge in [0, 0.05) is 45.2 Å². The van der Waals surface area contributed by atoms with Crippen molar-refractivity contribution in [3.05, 3.63) is 247 Å². The smallest absolute Gasteiger partial charge is 0.661 e. The van der Waals surface area contributed by atoms with Crippen LogP contribution in [-0.2, 0) is 21.1 Å². The summed E-state index contributed by atoms with van der Waals surface area (Å²) in [5, 5.41) is 7.61. The second-order valence-corrected chi connectivity index (χ2v) is 16.0. The Bertz CT molecular complexity index is 3180. The molecule has 9 aromatic carbocycles. The van der Waals surface area contributed by atoms with E-state index in [1.165, 1.54) is 11.1 Å². The molecule has 1 atom stereocenters. The average molecular weight is 1010 g/mol. The summed E-state index contributed by atoms with van der Waals surface area (Å²) in [4.78, 5) is 4.51. The van der Waals surface area contributed by atoms with E-state index in [1.54, 1.807) is 0 Å². The van der Waals surface area contributed by atoms with Crippen LogP contribution in [0.3, 0.4) is 0 Å². The molecule has 310 valence electrons. The Labute approximate surface area is 389 Å². The molecule has 1 aliphatic rings. The summed E-state index contributed by atoms with van der Waals surface area (Å²) in [5.74, 6) is 1.18. The summed E-state index contributed by atoms with van der Waals surface area (Å²) in [6.07, 6.45) is -0.347. The minimum Gasteiger partial charge on any atom is -0.661 e. The van der Waals surface area contributed by atoms with Gasteiger partial charge in [-0.25, -0.2) is 0 Å². The summed E-state index contributed by atoms with van der Waals surface area (Å²) in [7, 11) is 0. The number of anilines is 4. The van der Waals surface area contributed by atoms with E-state index in [0.29, 0.717) is 11.5 Å². The molecule has 10 aromatic rings. The molecule has 0 bridgehead atoms. The van der Waals surface area contributed by atoms with Crippen LogP contribution in [0, 0.1) is 32.6 Å². The van der Waals surface area contributed by atoms with Gasteiger partial charge in [0.25, 0.3) is 0 Å². The van der Waals surface area contributed by atoms with Crippen molar-refractivity contribution < 1.29 is 25.8 Å². The monoisotopic (exact) mass is 1010 g/mol. The number of aryl methyl sites for hydroxylation is 2. The van der Waals surface area contributed by atoms with Crippen LogP contribution >= 0.6 is 0 Å². The van der Waals surface area contributed by atoms with Crippen LogP contribution < -0.4 is 14.5 Å². The van der Waals surface area contributed by atoms with Crippen molar-refractivity contribution in [3.63, 3.8) is 0 Å². The zero-order chi connectivity index (χ0) is 42.3. The van der Waals surface area contributed by atoms with Crippen LogP contribution in [0.1, 0.15) is 22.9 Å². The fourth-order valence-corrected chi connectivity index (χ4v) is 8.75. The van der Waals surface area contributed by atoms with Crippen molar-refractivity contribution >= 4 is 50.2 Å². The van der Waals surface area contributed by atoms with Crippen LogP contribution in [0.2, 0.25) is 0 Å². The Morgan fingerprint density at radius 2 is 1.08 bits per heavy atom. The summed E-state index contributed by atoms with van der Waals surface area (Å²) in [6.45, 7) is 6.39. The quantitative estimate of drug-likeness (QED) is 0.128. The Kier molecular flexibility index (Phi) is 11.1. The van der Waals surface area contributed by atoms with Gasteiger partial charge in [0.05, 0.1) is 0 Å². The molecule has 6 heteroatoms. The molecule has 2 heterocycles. The Hall–Kier alpha value is -7.33. The van der Waals surface area contributed by atoms with Gasteiger partial charge in [-0.15, -0.1) is 53.8 Å². The average Bonchev–Trinajstić information content (AvgIpc) is 3.88. The molecule has 0 saturated heterocycles. The molecule has 1 aromatic heterocycles. The van der Waals surface area contributed by atoms with Gasteiger partial charge in [-0.05, 0) is 60.3 Å². The first kappa shape index (κ1) is 40.7. The molecular weight excluding hydrogens is 964 g/mol. The van der Waals surface area contributed by atoms with Gasteiger partial charge in [0.15, 0.2) is 0 Å². The zero-order valence-corrected chi connectivity index (χ0v) is 37.6. The minimum absolute atomic E-state index is 0. The number of nitrogens with zero attached hydrogens (tertiary/aromatic N) is 4. The Morgan fingerprint density at radius 1 is 0.500 bits per heavy atom. The normalized spacial score (nSPS) is 12.5. The van der Waals surface area contributed by atoms with Gasteiger partial charge in [-0.2, -0.15) is 12.1 Å². The number of hydrogen-bond acceptors (Lipinski definition) is 3. The van der Waals surface area contributed by atoms with Gasteiger partial charge in [-0.1, -0.05) is 174 Å². The van der Waals surface area contributed by atoms with E-state index >= 15 is 0 Å². The molecule has 0 saturated carbocycles. The predicted molar refractivity (Wildman–Crippen MR) is 259 cm³/mol. The standard InChI is InChI=1S/C58H42N4O.Pt/c1-40-27-31-44(32-28-40)58(59-45-33-29-41(2)30-34-45)62-53-24-10-9-21-51(53)52-36-35-48(38-56(52)62)63-47-20-13-19-46(37-47)60-39-61(55-26-12-11-25-54(55)60)57-49(42-15-5-3-6-16-42)22-14-23-50(57)43-17-7-4-8-18-43;/h3-36,39,58H,1-2H3;/q-4;+4. The van der Waals surface area contributed by atoms with Crippen molar-refractivity contribution in [2.45, 2.75) is 20.0 Å². The van der Waals surface area contributed by atoms with Crippen LogP contribution in [0.4, 0.5) is 28.4 Å². The molecule has 64 heavy (non-hydrogen) atoms. The van der Waals surface area contributed by atoms with E-state index < -0.39 is 0 Å². The van der Waals surface area contributed by atoms with E-state index in [-0.39, 0.29) is 27.2 Å². The fraction of sp³-hybridized carbons (Fsp3) is 0.0517. The second-order valence-electron chi connectivity index (χ2n) is 16.0. The SMILES string of the molecule is Cc1ccc([N-]C(c2ccc(C)cc2)n2c3[c-]c(Oc4[c-]c(N5[CH-]N(c6c(-c7ccccc7)cccc6-c6ccccc6)c6ccccc65)ccc4)ccc3c3ccccc32)cc1.[Pt+4]. The van der Waals surface area contributed by atoms with Crippen LogP contribution in [0.25, 0.3) is 49.4 Å². The summed E-state index contributed by atoms with van der Waals surface area (Å²) in [5.41, 5.74) is 15.1. The maximum Gasteiger partial charge on any atom is 4.00 e. The van der Waals surface area contributed by atoms with Crippen LogP contribution in [0.5, 0.6) is 11.5 Å². The molecule has 0 spiro atoms. The van der Waals surface area contributed by atoms with Crippen molar-refractivity contribution in [2.24, 2.45) is 0 Å². The number of ether oxygens (including phenoxy) is 1. The molecule has 1 unspecified atom stereocenters. The second kappa shape index (κ2) is 17.4. The summed E-state index contributed by atoms with van der Waals surface area (Å²) in [6, 6.07) is 79.4. The molecule has 11 rings (SSSR count). The topological polar surface area (TPSA) is 34.7 Å². The first-order valence-electron chi connectivity index (χ1n) is 21.3. The number of hydrogen-bond donors (Lipinski definition) is 0. The molecular formula is C58H42N4OPt. The van der Waals surface area contributed by atoms with E-state index in [0.717, 1.165) is 78.1 Å². The van der Waals surface area contributed by atoms with Crippen LogP contribution in [-0.4, -0.2) is 4.57 Å². The Balaban J connectivity index is 0.00000484. The zero-order valence-electron chi connectivity index (χ0n) is 35.3. The van der Waals surface area contributed by atoms with E-state index in [4.69, 9.17) is 10.1 Å². The maximum absolute atomic E-state index is 6.71. The van der Waals surface area contributed by atoms with E-state index in [2.05, 4.69) is 235 Å². The third-order valence-electron chi connectivity index (χ3n) is 11.8. The summed E-state index contributed by atoms with van der Waals surface area (Å²) >= 11 is 0. The van der Waals surface area contributed by atoms with Crippen molar-refractivity contribution in [3.8, 4) is 33.8 Å². The van der Waals surface area contributed by atoms with Crippen molar-refractivity contribution in [1.82, 2.24) is 4.57 Å². The van der Waals surface area contributed by atoms with Gasteiger partial charge >= 0.3 is 21.1 Å². The molecule has 0 fully saturated rings. The van der Waals surface area contributed by atoms with Crippen LogP contribution in [0.15, 0.2) is 206 Å². The van der Waals surface area contributed by atoms with Crippen molar-refractivity contribution in [1.29, 1.82) is 0 Å². The number of aromatic nitrogens is 1. The third-order valence-corrected chi connectivity index (χ3v) is 11.8. The molecule has 0 aliphatic carbocycles. The molecule has 0 N–H and O–H groups in total. The third kappa shape index (κ3) is 7.63. The largest absolute Gasteiger partial charge is 4.00 e. The van der Waals surface area contributed by atoms with Gasteiger partial charge in [-0.3, -0.25) is 0 Å². The first-order chi connectivity index (χ1) is 31.1. The van der Waals surface area contributed by atoms with E-state index in [1.807, 2.05) is 18.2 Å². The van der Waals surface area contributed by atoms with E-state index in [9.17, 15) is 0 Å². The number of benzene rings is 9. The first-order valence-corrected chi connectivity index (χ1v) is 21.3. The predicted octanol–water partition coefficient (Wildman–Crippen LogP) is 15.8. The number of fused-ring (bicyclic) bond motifs is 4. The van der Waals surface area contributed by atoms with Gasteiger partial charge < -0.3 is 24.4 Å². The number of para-hydroxylation sites is 4. The minimum atomic E-state index is -0.347. The molecule has 0 amide bonds. The van der Waals surface area contributed by atoms with Gasteiger partial charge in [0.2, 0.25) is 0 Å². The van der Waals surface area contributed by atoms with Crippen molar-refractivity contribution in [2.75, 3.05) is 9.80 Å².